The lowest BCUT2D eigenvalue weighted by Crippen LogP contribution is -2.21. The second-order valence-corrected chi connectivity index (χ2v) is 10.1. The summed E-state index contributed by atoms with van der Waals surface area (Å²) in [6, 6.07) is 8.27. The molecule has 2 aliphatic carbocycles. The number of ketones is 2. The van der Waals surface area contributed by atoms with Gasteiger partial charge in [0.05, 0.1) is 12.8 Å². The number of carboxylic acid groups (broad SMARTS) is 2. The second kappa shape index (κ2) is 9.76. The van der Waals surface area contributed by atoms with E-state index in [1.165, 1.54) is 22.3 Å². The predicted molar refractivity (Wildman–Crippen MR) is 131 cm³/mol. The van der Waals surface area contributed by atoms with Crippen LogP contribution in [0.3, 0.4) is 0 Å². The number of carbonyl (C=O) groups excluding carboxylic acids is 2. The van der Waals surface area contributed by atoms with Crippen molar-refractivity contribution in [3.8, 4) is 0 Å². The lowest BCUT2D eigenvalue weighted by molar-refractivity contribution is -0.137. The first kappa shape index (κ1) is 24.8. The molecule has 0 aromatic heterocycles. The minimum atomic E-state index is -0.965. The van der Waals surface area contributed by atoms with Crippen molar-refractivity contribution in [2.75, 3.05) is 0 Å². The molecule has 6 nitrogen and oxygen atoms in total. The van der Waals surface area contributed by atoms with Gasteiger partial charge in [0.1, 0.15) is 0 Å². The Balaban J connectivity index is 1.59. The van der Waals surface area contributed by atoms with E-state index in [1.54, 1.807) is 0 Å². The number of Topliss-reactive ketones (excluding diaryl/α,β-unsaturated/α-hetero) is 2. The van der Waals surface area contributed by atoms with Crippen molar-refractivity contribution < 1.29 is 29.4 Å². The maximum absolute atomic E-state index is 12.8. The standard InChI is InChI=1S/C29H32O6/c1-3-17-9-19-13-29(15-21(19)11-23(17)25(30)5-7-27(32)33)14-20-10-18(4-2)24(12-22(20)16-29)26(31)6-8-28(34)35/h9-12H,3-8,13-16H2,1-2H3,(H,32,33)(H,34,35). The molecule has 2 N–H and O–H groups in total. The molecule has 2 aliphatic rings. The van der Waals surface area contributed by atoms with Gasteiger partial charge < -0.3 is 10.2 Å². The first-order chi connectivity index (χ1) is 16.6. The number of benzene rings is 2. The topological polar surface area (TPSA) is 109 Å². The highest BCUT2D eigenvalue weighted by atomic mass is 16.4. The normalized spacial score (nSPS) is 15.1. The van der Waals surface area contributed by atoms with E-state index in [4.69, 9.17) is 10.2 Å². The zero-order valence-corrected chi connectivity index (χ0v) is 20.4. The zero-order valence-electron chi connectivity index (χ0n) is 20.4. The summed E-state index contributed by atoms with van der Waals surface area (Å²) in [5.41, 5.74) is 8.14. The summed E-state index contributed by atoms with van der Waals surface area (Å²) in [5, 5.41) is 17.9. The van der Waals surface area contributed by atoms with Gasteiger partial charge in [-0.15, -0.1) is 0 Å². The van der Waals surface area contributed by atoms with Gasteiger partial charge in [-0.1, -0.05) is 26.0 Å². The van der Waals surface area contributed by atoms with E-state index in [1.807, 2.05) is 26.0 Å². The molecule has 184 valence electrons. The van der Waals surface area contributed by atoms with E-state index in [-0.39, 0.29) is 42.7 Å². The minimum Gasteiger partial charge on any atom is -0.481 e. The van der Waals surface area contributed by atoms with Crippen LogP contribution in [0.15, 0.2) is 24.3 Å². The first-order valence-corrected chi connectivity index (χ1v) is 12.4. The fourth-order valence-corrected chi connectivity index (χ4v) is 5.94. The van der Waals surface area contributed by atoms with Crippen LogP contribution >= 0.6 is 0 Å². The number of aryl methyl sites for hydroxylation is 2. The molecule has 0 atom stereocenters. The van der Waals surface area contributed by atoms with Crippen LogP contribution in [-0.2, 0) is 48.1 Å². The molecule has 0 saturated heterocycles. The maximum atomic E-state index is 12.8. The van der Waals surface area contributed by atoms with Gasteiger partial charge in [-0.2, -0.15) is 0 Å². The molecule has 0 heterocycles. The van der Waals surface area contributed by atoms with Gasteiger partial charge in [-0.05, 0) is 89.5 Å². The molecular weight excluding hydrogens is 444 g/mol. The van der Waals surface area contributed by atoms with Gasteiger partial charge in [0, 0.05) is 24.0 Å². The molecule has 4 rings (SSSR count). The molecule has 6 heteroatoms. The summed E-state index contributed by atoms with van der Waals surface area (Å²) < 4.78 is 0. The molecule has 0 bridgehead atoms. The predicted octanol–water partition coefficient (Wildman–Crippen LogP) is 4.79. The summed E-state index contributed by atoms with van der Waals surface area (Å²) in [6.07, 6.45) is 4.67. The Labute approximate surface area is 205 Å². The Kier molecular flexibility index (Phi) is 6.93. The molecule has 2 aromatic rings. The summed E-state index contributed by atoms with van der Waals surface area (Å²) in [7, 11) is 0. The molecule has 0 aliphatic heterocycles. The van der Waals surface area contributed by atoms with E-state index in [9.17, 15) is 19.2 Å². The fraction of sp³-hybridized carbons (Fsp3) is 0.448. The van der Waals surface area contributed by atoms with E-state index in [0.29, 0.717) is 11.1 Å². The third-order valence-corrected chi connectivity index (χ3v) is 7.61. The van der Waals surface area contributed by atoms with Gasteiger partial charge in [-0.25, -0.2) is 0 Å². The van der Waals surface area contributed by atoms with Crippen LogP contribution in [0.5, 0.6) is 0 Å². The van der Waals surface area contributed by atoms with Crippen LogP contribution < -0.4 is 0 Å². The fourth-order valence-electron chi connectivity index (χ4n) is 5.94. The number of fused-ring (bicyclic) bond motifs is 2. The SMILES string of the molecule is CCc1cc2c(cc1C(=O)CCC(=O)O)CC1(C2)Cc2cc(CC)c(C(=O)CCC(=O)O)cc2C1. The quantitative estimate of drug-likeness (QED) is 0.477. The third-order valence-electron chi connectivity index (χ3n) is 7.61. The van der Waals surface area contributed by atoms with Gasteiger partial charge in [0.25, 0.3) is 0 Å². The smallest absolute Gasteiger partial charge is 0.303 e. The van der Waals surface area contributed by atoms with E-state index >= 15 is 0 Å². The maximum Gasteiger partial charge on any atom is 0.303 e. The van der Waals surface area contributed by atoms with Crippen molar-refractivity contribution in [3.05, 3.63) is 68.8 Å². The van der Waals surface area contributed by atoms with Gasteiger partial charge in [0.15, 0.2) is 11.6 Å². The molecule has 0 fully saturated rings. The number of carbonyl (C=O) groups is 4. The Hall–Kier alpha value is -3.28. The molecule has 0 amide bonds. The van der Waals surface area contributed by atoms with Gasteiger partial charge in [0.2, 0.25) is 0 Å². The van der Waals surface area contributed by atoms with Crippen molar-refractivity contribution in [2.45, 2.75) is 78.1 Å². The Bertz CT molecular complexity index is 1130. The van der Waals surface area contributed by atoms with Crippen LogP contribution in [0, 0.1) is 5.41 Å². The highest BCUT2D eigenvalue weighted by molar-refractivity contribution is 6.00. The Morgan fingerprint density at radius 3 is 1.29 bits per heavy atom. The molecule has 0 unspecified atom stereocenters. The molecular formula is C29H32O6. The summed E-state index contributed by atoms with van der Waals surface area (Å²) in [4.78, 5) is 47.4. The van der Waals surface area contributed by atoms with Crippen LogP contribution in [0.4, 0.5) is 0 Å². The number of aliphatic carboxylic acids is 2. The van der Waals surface area contributed by atoms with Crippen molar-refractivity contribution in [2.24, 2.45) is 5.41 Å². The monoisotopic (exact) mass is 476 g/mol. The number of rotatable bonds is 10. The average Bonchev–Trinajstić information content (AvgIpc) is 3.35. The largest absolute Gasteiger partial charge is 0.481 e. The highest BCUT2D eigenvalue weighted by Gasteiger charge is 2.43. The van der Waals surface area contributed by atoms with Crippen molar-refractivity contribution in [1.82, 2.24) is 0 Å². The summed E-state index contributed by atoms with van der Waals surface area (Å²) >= 11 is 0. The molecule has 1 spiro atoms. The van der Waals surface area contributed by atoms with E-state index < -0.39 is 11.9 Å². The Morgan fingerprint density at radius 1 is 0.629 bits per heavy atom. The Morgan fingerprint density at radius 2 is 0.971 bits per heavy atom. The van der Waals surface area contributed by atoms with Gasteiger partial charge >= 0.3 is 11.9 Å². The second-order valence-electron chi connectivity index (χ2n) is 10.1. The third kappa shape index (κ3) is 5.07. The number of hydrogen-bond donors (Lipinski definition) is 2. The number of carboxylic acids is 2. The van der Waals surface area contributed by atoms with E-state index in [2.05, 4.69) is 12.1 Å². The van der Waals surface area contributed by atoms with Crippen LogP contribution in [0.1, 0.15) is 93.6 Å². The van der Waals surface area contributed by atoms with Crippen LogP contribution in [-0.4, -0.2) is 33.7 Å². The summed E-state index contributed by atoms with van der Waals surface area (Å²) in [6.45, 7) is 4.03. The lowest BCUT2D eigenvalue weighted by Gasteiger charge is -2.21. The van der Waals surface area contributed by atoms with Crippen LogP contribution in [0.2, 0.25) is 0 Å². The average molecular weight is 477 g/mol. The molecule has 0 saturated carbocycles. The van der Waals surface area contributed by atoms with Crippen molar-refractivity contribution >= 4 is 23.5 Å². The number of hydrogen-bond acceptors (Lipinski definition) is 4. The molecule has 2 aromatic carbocycles. The van der Waals surface area contributed by atoms with Crippen LogP contribution in [0.25, 0.3) is 0 Å². The zero-order chi connectivity index (χ0) is 25.3. The minimum absolute atomic E-state index is 0.0101. The van der Waals surface area contributed by atoms with E-state index in [0.717, 1.165) is 49.7 Å². The van der Waals surface area contributed by atoms with Gasteiger partial charge in [-0.3, -0.25) is 19.2 Å². The first-order valence-electron chi connectivity index (χ1n) is 12.4. The molecule has 35 heavy (non-hydrogen) atoms. The lowest BCUT2D eigenvalue weighted by atomic mass is 9.82. The molecule has 0 radical (unpaired) electrons. The summed E-state index contributed by atoms with van der Waals surface area (Å²) in [5.74, 6) is -2.15. The highest BCUT2D eigenvalue weighted by Crippen LogP contribution is 2.48. The van der Waals surface area contributed by atoms with Crippen molar-refractivity contribution in [3.63, 3.8) is 0 Å². The van der Waals surface area contributed by atoms with Crippen molar-refractivity contribution in [1.29, 1.82) is 0 Å².